The first-order chi connectivity index (χ1) is 32.5. The number of carbonyl (C=O) groups is 8. The highest BCUT2D eigenvalue weighted by Crippen LogP contribution is 2.46. The lowest BCUT2D eigenvalue weighted by Crippen LogP contribution is -2.34. The van der Waals surface area contributed by atoms with Gasteiger partial charge in [0.25, 0.3) is 0 Å². The van der Waals surface area contributed by atoms with E-state index in [1.807, 2.05) is 74.5 Å². The van der Waals surface area contributed by atoms with Crippen molar-refractivity contribution in [3.8, 4) is 35.1 Å². The molecule has 67 heavy (non-hydrogen) atoms. The van der Waals surface area contributed by atoms with Crippen LogP contribution in [0.3, 0.4) is 0 Å². The number of hydrogen-bond donors (Lipinski definition) is 1. The van der Waals surface area contributed by atoms with Crippen LogP contribution >= 0.6 is 0 Å². The monoisotopic (exact) mass is 911 g/mol. The van der Waals surface area contributed by atoms with Crippen molar-refractivity contribution in [2.24, 2.45) is 23.7 Å². The number of fused-ring (bicyclic) bond motifs is 6. The van der Waals surface area contributed by atoms with Crippen LogP contribution in [0.1, 0.15) is 109 Å². The van der Waals surface area contributed by atoms with E-state index >= 15 is 0 Å². The molecule has 0 radical (unpaired) electrons. The molecule has 2 atom stereocenters. The van der Waals surface area contributed by atoms with Crippen LogP contribution in [0.2, 0.25) is 0 Å². The van der Waals surface area contributed by atoms with Gasteiger partial charge in [-0.25, -0.2) is 0 Å². The van der Waals surface area contributed by atoms with Gasteiger partial charge < -0.3 is 19.3 Å². The van der Waals surface area contributed by atoms with Crippen LogP contribution in [0.25, 0.3) is 22.3 Å². The fourth-order valence-corrected chi connectivity index (χ4v) is 8.87. The van der Waals surface area contributed by atoms with Crippen LogP contribution in [-0.4, -0.2) is 77.4 Å². The second-order valence-electron chi connectivity index (χ2n) is 17.6. The molecule has 12 nitrogen and oxygen atoms in total. The smallest absolute Gasteiger partial charge is 0.310 e. The van der Waals surface area contributed by atoms with Crippen LogP contribution in [0.4, 0.5) is 0 Å². The molecule has 0 spiro atoms. The van der Waals surface area contributed by atoms with E-state index in [1.54, 1.807) is 20.8 Å². The maximum absolute atomic E-state index is 12.6. The number of carbonyl (C=O) groups excluding carboxylic acids is 8. The number of Topliss-reactive ketones (excluding diaryl/α,β-unsaturated/α-hetero) is 5. The number of benzene rings is 4. The van der Waals surface area contributed by atoms with E-state index in [0.717, 1.165) is 22.3 Å². The van der Waals surface area contributed by atoms with E-state index < -0.39 is 30.1 Å². The number of aliphatic hydroxyl groups excluding tert-OH is 1. The van der Waals surface area contributed by atoms with Gasteiger partial charge in [0, 0.05) is 43.4 Å². The lowest BCUT2D eigenvalue weighted by atomic mass is 9.89. The van der Waals surface area contributed by atoms with Gasteiger partial charge in [-0.1, -0.05) is 125 Å². The van der Waals surface area contributed by atoms with Crippen molar-refractivity contribution in [2.45, 2.75) is 97.2 Å². The Morgan fingerprint density at radius 1 is 0.582 bits per heavy atom. The molecule has 0 aliphatic heterocycles. The first kappa shape index (κ1) is 49.6. The van der Waals surface area contributed by atoms with Gasteiger partial charge in [0.15, 0.2) is 29.2 Å². The summed E-state index contributed by atoms with van der Waals surface area (Å²) in [5.41, 5.74) is 9.31. The third-order valence-electron chi connectivity index (χ3n) is 12.6. The highest BCUT2D eigenvalue weighted by atomic mass is 16.6. The summed E-state index contributed by atoms with van der Waals surface area (Å²) in [7, 11) is 0. The van der Waals surface area contributed by atoms with Crippen molar-refractivity contribution in [3.63, 3.8) is 0 Å². The highest BCUT2D eigenvalue weighted by Gasteiger charge is 2.39. The minimum atomic E-state index is -1.33. The number of aliphatic hydroxyl groups is 1. The number of terminal acetylenes is 1. The Morgan fingerprint density at radius 3 is 1.19 bits per heavy atom. The molecule has 0 bridgehead atoms. The lowest BCUT2D eigenvalue weighted by Gasteiger charge is -2.21. The Hall–Kier alpha value is -6.84. The number of esters is 3. The van der Waals surface area contributed by atoms with Crippen molar-refractivity contribution in [1.29, 1.82) is 0 Å². The molecule has 4 aliphatic rings. The first-order valence-electron chi connectivity index (χ1n) is 23.0. The molecule has 0 aromatic heterocycles. The maximum Gasteiger partial charge on any atom is 0.310 e. The summed E-state index contributed by atoms with van der Waals surface area (Å²) in [5, 5.41) is 8.57. The SMILES string of the molecule is CC(=O)[C@@H](CC(=O)OCC1c2ccccc2-c2ccccc21)C(C)C.CC(C)[C@H](CC(=O)OCC1c2ccccc2-c2ccccc21)C(=O)OC1C(=O)CCC1=O.O=C1CCC(=O)C1O.[2H]C#C. The largest absolute Gasteiger partial charge is 0.465 e. The molecule has 0 heterocycles. The maximum atomic E-state index is 12.6. The minimum absolute atomic E-state index is 0.0449. The zero-order valence-electron chi connectivity index (χ0n) is 39.5. The van der Waals surface area contributed by atoms with Gasteiger partial charge in [-0.05, 0) is 63.3 Å². The number of hydrogen-bond acceptors (Lipinski definition) is 12. The molecule has 1 N–H and O–H groups in total. The predicted octanol–water partition coefficient (Wildman–Crippen LogP) is 7.97. The zero-order valence-corrected chi connectivity index (χ0v) is 38.5. The molecule has 0 saturated heterocycles. The van der Waals surface area contributed by atoms with E-state index in [0.29, 0.717) is 6.61 Å². The van der Waals surface area contributed by atoms with Crippen LogP contribution < -0.4 is 0 Å². The molecule has 0 amide bonds. The quantitative estimate of drug-likeness (QED) is 0.0592. The second-order valence-corrected chi connectivity index (χ2v) is 17.6. The van der Waals surface area contributed by atoms with Crippen LogP contribution in [0, 0.1) is 36.5 Å². The Kier molecular flexibility index (Phi) is 17.4. The van der Waals surface area contributed by atoms with Gasteiger partial charge in [0.2, 0.25) is 6.10 Å². The van der Waals surface area contributed by atoms with Gasteiger partial charge in [0.1, 0.15) is 20.4 Å². The standard InChI is InChI=1S/C26H26O6.C22H24O3.C5H6O3.C2H2/c1-15(2)20(26(30)32-25-22(27)11-12-23(25)28)13-24(29)31-14-21-18-9-5-3-7-16(18)17-8-4-6-10-19(17)21;1-14(2)20(15(3)23)12-22(24)25-13-21-18-10-6-4-8-16(18)17-9-5-7-11-19(17)21;6-3-1-2-4(7)5(3)8;1-2/h3-10,15,20-21,25H,11-14H2,1-2H3;4-11,14,20-21H,12-13H2,1-3H3;5,8H,1-2H2;1-2H/t2*20-;;/m00../s1/i;;;1D. The normalized spacial score (nSPS) is 16.1. The average molecular weight is 912 g/mol. The molecular weight excluding hydrogens is 853 g/mol. The molecule has 0 unspecified atom stereocenters. The third kappa shape index (κ3) is 12.3. The summed E-state index contributed by atoms with van der Waals surface area (Å²) in [6.07, 6.45) is 3.76. The van der Waals surface area contributed by atoms with Crippen molar-refractivity contribution in [2.75, 3.05) is 13.2 Å². The molecule has 8 rings (SSSR count). The van der Waals surface area contributed by atoms with E-state index in [4.69, 9.17) is 20.7 Å². The Labute approximate surface area is 393 Å². The lowest BCUT2D eigenvalue weighted by molar-refractivity contribution is -0.165. The van der Waals surface area contributed by atoms with Crippen molar-refractivity contribution in [1.82, 2.24) is 0 Å². The number of ether oxygens (including phenoxy) is 3. The molecule has 12 heteroatoms. The molecule has 4 aromatic rings. The summed E-state index contributed by atoms with van der Waals surface area (Å²) < 4.78 is 22.1. The fourth-order valence-electron chi connectivity index (χ4n) is 8.87. The Morgan fingerprint density at radius 2 is 0.896 bits per heavy atom. The van der Waals surface area contributed by atoms with E-state index in [1.165, 1.54) is 28.7 Å². The van der Waals surface area contributed by atoms with Gasteiger partial charge in [-0.15, -0.1) is 12.8 Å². The molecule has 350 valence electrons. The van der Waals surface area contributed by atoms with Crippen LogP contribution in [0.5, 0.6) is 0 Å². The zero-order chi connectivity index (χ0) is 49.7. The molecular formula is C55H58O12. The van der Waals surface area contributed by atoms with Crippen LogP contribution in [0.15, 0.2) is 97.1 Å². The third-order valence-corrected chi connectivity index (χ3v) is 12.6. The average Bonchev–Trinajstić information content (AvgIpc) is 4.02. The fraction of sp³-hybridized carbons (Fsp3) is 0.382. The van der Waals surface area contributed by atoms with E-state index in [2.05, 4.69) is 42.8 Å². The minimum Gasteiger partial charge on any atom is -0.465 e. The summed E-state index contributed by atoms with van der Waals surface area (Å²) >= 11 is 0. The second kappa shape index (κ2) is 23.6. The van der Waals surface area contributed by atoms with E-state index in [-0.39, 0.29) is 110 Å². The topological polar surface area (TPSA) is 184 Å². The number of ketones is 5. The first-order valence-corrected chi connectivity index (χ1v) is 22.5. The summed E-state index contributed by atoms with van der Waals surface area (Å²) in [5.74, 6) is -4.04. The van der Waals surface area contributed by atoms with Crippen molar-refractivity contribution >= 4 is 46.8 Å². The van der Waals surface area contributed by atoms with Gasteiger partial charge in [-0.3, -0.25) is 38.4 Å². The predicted molar refractivity (Wildman–Crippen MR) is 250 cm³/mol. The van der Waals surface area contributed by atoms with Gasteiger partial charge >= 0.3 is 17.9 Å². The molecule has 4 aliphatic carbocycles. The summed E-state index contributed by atoms with van der Waals surface area (Å²) in [6.45, 7) is 9.54. The Bertz CT molecular complexity index is 2450. The van der Waals surface area contributed by atoms with Crippen molar-refractivity contribution < 1.29 is 59.0 Å². The van der Waals surface area contributed by atoms with Crippen molar-refractivity contribution in [3.05, 3.63) is 119 Å². The molecule has 2 fully saturated rings. The summed E-state index contributed by atoms with van der Waals surface area (Å²) in [4.78, 5) is 93.5. The van der Waals surface area contributed by atoms with E-state index in [9.17, 15) is 38.4 Å². The van der Waals surface area contributed by atoms with Crippen LogP contribution in [-0.2, 0) is 52.6 Å². The highest BCUT2D eigenvalue weighted by molar-refractivity contribution is 6.12. The summed E-state index contributed by atoms with van der Waals surface area (Å²) in [6, 6.07) is 32.6. The molecule has 2 saturated carbocycles. The van der Waals surface area contributed by atoms with Gasteiger partial charge in [0.05, 0.1) is 18.8 Å². The van der Waals surface area contributed by atoms with Gasteiger partial charge in [-0.2, -0.15) is 0 Å². The number of rotatable bonds is 13. The Balaban J connectivity index is 0.000000212. The molecule has 4 aromatic carbocycles.